The zero-order valence-electron chi connectivity index (χ0n) is 10.6. The van der Waals surface area contributed by atoms with Crippen LogP contribution in [0.4, 0.5) is 5.95 Å². The summed E-state index contributed by atoms with van der Waals surface area (Å²) in [6, 6.07) is 0.569. The number of hydrogen-bond donors (Lipinski definition) is 1. The van der Waals surface area contributed by atoms with Gasteiger partial charge in [0.15, 0.2) is 0 Å². The van der Waals surface area contributed by atoms with E-state index in [0.29, 0.717) is 6.04 Å². The van der Waals surface area contributed by atoms with E-state index in [1.165, 1.54) is 19.3 Å². The summed E-state index contributed by atoms with van der Waals surface area (Å²) < 4.78 is 2.17. The van der Waals surface area contributed by atoms with Crippen LogP contribution in [0.25, 0.3) is 0 Å². The van der Waals surface area contributed by atoms with Crippen molar-refractivity contribution in [2.24, 2.45) is 0 Å². The number of nitrogens with one attached hydrogen (secondary N) is 1. The molecule has 0 aromatic carbocycles. The van der Waals surface area contributed by atoms with E-state index < -0.39 is 0 Å². The summed E-state index contributed by atoms with van der Waals surface area (Å²) in [6.07, 6.45) is 9.67. The Morgan fingerprint density at radius 2 is 2.47 bits per heavy atom. The Hall–Kier alpha value is -1.29. The zero-order valence-corrected chi connectivity index (χ0v) is 10.6. The van der Waals surface area contributed by atoms with Gasteiger partial charge in [-0.25, -0.2) is 4.98 Å². The maximum Gasteiger partial charge on any atom is 0.206 e. The first-order valence-electron chi connectivity index (χ1n) is 6.40. The highest BCUT2D eigenvalue weighted by Crippen LogP contribution is 2.23. The molecule has 1 aromatic heterocycles. The summed E-state index contributed by atoms with van der Waals surface area (Å²) in [5.41, 5.74) is 0. The molecular weight excluding hydrogens is 212 g/mol. The number of anilines is 1. The van der Waals surface area contributed by atoms with Gasteiger partial charge in [0.05, 0.1) is 0 Å². The van der Waals surface area contributed by atoms with Gasteiger partial charge in [0.25, 0.3) is 0 Å². The number of imidazole rings is 1. The molecule has 0 radical (unpaired) electrons. The number of allylic oxidation sites excluding steroid dienone is 1. The van der Waals surface area contributed by atoms with Crippen molar-refractivity contribution in [3.8, 4) is 0 Å². The van der Waals surface area contributed by atoms with Gasteiger partial charge in [-0.2, -0.15) is 0 Å². The molecule has 1 saturated heterocycles. The number of rotatable bonds is 5. The predicted octanol–water partition coefficient (Wildman–Crippen LogP) is 1.65. The largest absolute Gasteiger partial charge is 0.338 e. The molecule has 2 rings (SSSR count). The van der Waals surface area contributed by atoms with Crippen LogP contribution in [0.1, 0.15) is 19.3 Å². The molecule has 4 nitrogen and oxygen atoms in total. The minimum absolute atomic E-state index is 0.569. The van der Waals surface area contributed by atoms with E-state index in [4.69, 9.17) is 0 Å². The Labute approximate surface area is 103 Å². The standard InChI is InChI=1S/C13H22N4/c1-3-8-16-10-7-15-13(16)17-9-5-4-6-12(17)11-14-2/h3,7,10,12,14H,1,4-6,8-9,11H2,2H3. The van der Waals surface area contributed by atoms with Gasteiger partial charge >= 0.3 is 0 Å². The molecule has 1 fully saturated rings. The number of likely N-dealkylation sites (N-methyl/N-ethyl adjacent to an activating group) is 1. The molecule has 94 valence electrons. The molecule has 1 unspecified atom stereocenters. The van der Waals surface area contributed by atoms with E-state index >= 15 is 0 Å². The average Bonchev–Trinajstić information content (AvgIpc) is 2.79. The van der Waals surface area contributed by atoms with Crippen LogP contribution in [0, 0.1) is 0 Å². The fourth-order valence-electron chi connectivity index (χ4n) is 2.55. The highest BCUT2D eigenvalue weighted by Gasteiger charge is 2.24. The predicted molar refractivity (Wildman–Crippen MR) is 71.3 cm³/mol. The van der Waals surface area contributed by atoms with Gasteiger partial charge in [0, 0.05) is 38.1 Å². The molecule has 0 amide bonds. The second-order valence-corrected chi connectivity index (χ2v) is 4.57. The zero-order chi connectivity index (χ0) is 12.1. The Bertz CT molecular complexity index is 356. The quantitative estimate of drug-likeness (QED) is 0.786. The summed E-state index contributed by atoms with van der Waals surface area (Å²) in [7, 11) is 2.02. The van der Waals surface area contributed by atoms with Crippen LogP contribution in [-0.4, -0.2) is 35.7 Å². The number of aromatic nitrogens is 2. The van der Waals surface area contributed by atoms with Crippen LogP contribution in [0.2, 0.25) is 0 Å². The average molecular weight is 234 g/mol. The van der Waals surface area contributed by atoms with Gasteiger partial charge < -0.3 is 14.8 Å². The van der Waals surface area contributed by atoms with E-state index in [-0.39, 0.29) is 0 Å². The van der Waals surface area contributed by atoms with Crippen LogP contribution < -0.4 is 10.2 Å². The van der Waals surface area contributed by atoms with Gasteiger partial charge in [0.1, 0.15) is 0 Å². The van der Waals surface area contributed by atoms with Gasteiger partial charge in [-0.15, -0.1) is 6.58 Å². The Morgan fingerprint density at radius 1 is 1.59 bits per heavy atom. The lowest BCUT2D eigenvalue weighted by Crippen LogP contribution is -2.46. The molecule has 4 heteroatoms. The molecule has 0 aliphatic carbocycles. The minimum atomic E-state index is 0.569. The van der Waals surface area contributed by atoms with Crippen LogP contribution in [0.15, 0.2) is 25.0 Å². The van der Waals surface area contributed by atoms with Crippen molar-refractivity contribution in [3.05, 3.63) is 25.0 Å². The lowest BCUT2D eigenvalue weighted by molar-refractivity contribution is 0.436. The van der Waals surface area contributed by atoms with E-state index in [0.717, 1.165) is 25.6 Å². The molecule has 0 spiro atoms. The topological polar surface area (TPSA) is 33.1 Å². The SMILES string of the molecule is C=CCn1ccnc1N1CCCCC1CNC. The van der Waals surface area contributed by atoms with Gasteiger partial charge in [-0.3, -0.25) is 0 Å². The van der Waals surface area contributed by atoms with Crippen molar-refractivity contribution in [3.63, 3.8) is 0 Å². The molecule has 1 aliphatic heterocycles. The number of hydrogen-bond acceptors (Lipinski definition) is 3. The highest BCUT2D eigenvalue weighted by molar-refractivity contribution is 5.34. The first kappa shape index (κ1) is 12.2. The Kier molecular flexibility index (Phi) is 4.20. The van der Waals surface area contributed by atoms with Crippen LogP contribution in [0.5, 0.6) is 0 Å². The molecule has 1 aliphatic rings. The van der Waals surface area contributed by atoms with Crippen molar-refractivity contribution >= 4 is 5.95 Å². The normalized spacial score (nSPS) is 20.5. The second kappa shape index (κ2) is 5.87. The third-order valence-corrected chi connectivity index (χ3v) is 3.34. The monoisotopic (exact) mass is 234 g/mol. The van der Waals surface area contributed by atoms with Crippen molar-refractivity contribution in [1.29, 1.82) is 0 Å². The van der Waals surface area contributed by atoms with E-state index in [1.807, 2.05) is 25.5 Å². The molecule has 2 heterocycles. The van der Waals surface area contributed by atoms with Gasteiger partial charge in [-0.05, 0) is 26.3 Å². The molecule has 0 saturated carbocycles. The maximum absolute atomic E-state index is 4.50. The molecule has 1 aromatic rings. The summed E-state index contributed by atoms with van der Waals surface area (Å²) >= 11 is 0. The number of nitrogens with zero attached hydrogens (tertiary/aromatic N) is 3. The highest BCUT2D eigenvalue weighted by atomic mass is 15.3. The molecule has 1 atom stereocenters. The van der Waals surface area contributed by atoms with Gasteiger partial charge in [-0.1, -0.05) is 6.08 Å². The van der Waals surface area contributed by atoms with Gasteiger partial charge in [0.2, 0.25) is 5.95 Å². The third kappa shape index (κ3) is 2.69. The van der Waals surface area contributed by atoms with Crippen LogP contribution in [0.3, 0.4) is 0 Å². The van der Waals surface area contributed by atoms with Crippen molar-refractivity contribution < 1.29 is 0 Å². The Morgan fingerprint density at radius 3 is 3.24 bits per heavy atom. The summed E-state index contributed by atoms with van der Waals surface area (Å²) in [5, 5.41) is 3.28. The van der Waals surface area contributed by atoms with E-state index in [1.54, 1.807) is 0 Å². The van der Waals surface area contributed by atoms with Crippen molar-refractivity contribution in [2.75, 3.05) is 25.0 Å². The minimum Gasteiger partial charge on any atom is -0.338 e. The maximum atomic E-state index is 4.50. The lowest BCUT2D eigenvalue weighted by Gasteiger charge is -2.36. The van der Waals surface area contributed by atoms with Crippen molar-refractivity contribution in [2.45, 2.75) is 31.8 Å². The molecule has 17 heavy (non-hydrogen) atoms. The Balaban J connectivity index is 2.16. The smallest absolute Gasteiger partial charge is 0.206 e. The summed E-state index contributed by atoms with van der Waals surface area (Å²) in [6.45, 7) is 6.77. The molecule has 0 bridgehead atoms. The van der Waals surface area contributed by atoms with Crippen molar-refractivity contribution in [1.82, 2.24) is 14.9 Å². The first-order valence-corrected chi connectivity index (χ1v) is 6.40. The third-order valence-electron chi connectivity index (χ3n) is 3.34. The summed E-state index contributed by atoms with van der Waals surface area (Å²) in [4.78, 5) is 6.94. The fourth-order valence-corrected chi connectivity index (χ4v) is 2.55. The molecule has 1 N–H and O–H groups in total. The second-order valence-electron chi connectivity index (χ2n) is 4.57. The number of piperidine rings is 1. The van der Waals surface area contributed by atoms with E-state index in [9.17, 15) is 0 Å². The summed E-state index contributed by atoms with van der Waals surface area (Å²) in [5.74, 6) is 1.09. The van der Waals surface area contributed by atoms with E-state index in [2.05, 4.69) is 26.3 Å². The van der Waals surface area contributed by atoms with Crippen LogP contribution in [-0.2, 0) is 6.54 Å². The molecular formula is C13H22N4. The fraction of sp³-hybridized carbons (Fsp3) is 0.615. The lowest BCUT2D eigenvalue weighted by atomic mass is 10.0. The first-order chi connectivity index (χ1) is 8.36. The van der Waals surface area contributed by atoms with Crippen LogP contribution >= 0.6 is 0 Å².